The van der Waals surface area contributed by atoms with Crippen molar-refractivity contribution in [3.63, 3.8) is 0 Å². The Bertz CT molecular complexity index is 278. The van der Waals surface area contributed by atoms with Crippen LogP contribution in [0.3, 0.4) is 0 Å². The van der Waals surface area contributed by atoms with Gasteiger partial charge in [-0.25, -0.2) is 4.79 Å². The van der Waals surface area contributed by atoms with Gasteiger partial charge in [0.15, 0.2) is 0 Å². The zero-order valence-electron chi connectivity index (χ0n) is 10.8. The largest absolute Gasteiger partial charge is 0.592 e. The number of nitrogens with one attached hydrogen (secondary N) is 1. The van der Waals surface area contributed by atoms with Crippen LogP contribution in [-0.2, 0) is 4.74 Å². The van der Waals surface area contributed by atoms with Crippen LogP contribution in [0.5, 0.6) is 0 Å². The van der Waals surface area contributed by atoms with Gasteiger partial charge in [0.05, 0.1) is 0 Å². The topological polar surface area (TPSA) is 34.0 Å². The molecule has 1 N–H and O–H groups in total. The minimum absolute atomic E-state index is 0.0126. The van der Waals surface area contributed by atoms with Crippen molar-refractivity contribution in [1.29, 1.82) is 0 Å². The summed E-state index contributed by atoms with van der Waals surface area (Å²) in [5, 5.41) is 0. The second-order valence-electron chi connectivity index (χ2n) is 5.50. The molecule has 1 rings (SSSR count). The maximum atomic E-state index is 12.1. The lowest BCUT2D eigenvalue weighted by Crippen LogP contribution is -3.23. The van der Waals surface area contributed by atoms with E-state index in [1.807, 2.05) is 0 Å². The molecule has 0 aromatic carbocycles. The molecule has 0 spiro atoms. The average Bonchev–Trinajstić information content (AvgIpc) is 2.06. The number of carbonyl (C=O) groups excluding carboxylic acids is 1. The zero-order chi connectivity index (χ0) is 13.2. The first-order chi connectivity index (χ1) is 7.69. The standard InChI is InChI=1S/C10H19BF2N2O2/c1-10(2,3)17-9(16)14(4)8-5-15(6-8)7-11(12)13/h8H,5-7H2,1-4H3/p+1. The summed E-state index contributed by atoms with van der Waals surface area (Å²) in [5.41, 5.74) is -0.523. The lowest BCUT2D eigenvalue weighted by Gasteiger charge is -2.40. The van der Waals surface area contributed by atoms with Crippen LogP contribution in [0.15, 0.2) is 0 Å². The number of nitrogens with zero attached hydrogens (tertiary/aromatic N) is 1. The quantitative estimate of drug-likeness (QED) is 0.719. The maximum absolute atomic E-state index is 12.1. The van der Waals surface area contributed by atoms with Crippen LogP contribution in [0.2, 0.25) is 0 Å². The van der Waals surface area contributed by atoms with E-state index in [1.165, 1.54) is 4.90 Å². The van der Waals surface area contributed by atoms with Crippen LogP contribution >= 0.6 is 0 Å². The van der Waals surface area contributed by atoms with Crippen molar-refractivity contribution in [2.45, 2.75) is 32.4 Å². The van der Waals surface area contributed by atoms with Crippen molar-refractivity contribution in [2.24, 2.45) is 0 Å². The summed E-state index contributed by atoms with van der Waals surface area (Å²) in [4.78, 5) is 14.0. The summed E-state index contributed by atoms with van der Waals surface area (Å²) in [7, 11) is -0.629. The summed E-state index contributed by atoms with van der Waals surface area (Å²) >= 11 is 0. The number of likely N-dealkylation sites (tertiary alicyclic amines) is 1. The molecule has 1 saturated heterocycles. The Morgan fingerprint density at radius 3 is 2.41 bits per heavy atom. The highest BCUT2D eigenvalue weighted by atomic mass is 19.2. The number of hydrogen-bond acceptors (Lipinski definition) is 2. The molecule has 0 bridgehead atoms. The number of halogens is 2. The van der Waals surface area contributed by atoms with Crippen molar-refractivity contribution in [2.75, 3.05) is 26.6 Å². The third-order valence-corrected chi connectivity index (χ3v) is 2.72. The van der Waals surface area contributed by atoms with Gasteiger partial charge in [-0.2, -0.15) is 0 Å². The fraction of sp³-hybridized carbons (Fsp3) is 0.900. The summed E-state index contributed by atoms with van der Waals surface area (Å²) < 4.78 is 29.4. The predicted octanol–water partition coefficient (Wildman–Crippen LogP) is 0.0868. The van der Waals surface area contributed by atoms with E-state index in [9.17, 15) is 13.4 Å². The van der Waals surface area contributed by atoms with Crippen molar-refractivity contribution in [3.05, 3.63) is 0 Å². The highest BCUT2D eigenvalue weighted by molar-refractivity contribution is 6.42. The van der Waals surface area contributed by atoms with E-state index in [2.05, 4.69) is 0 Å². The molecule has 0 aliphatic carbocycles. The molecule has 1 amide bonds. The molecule has 0 aromatic heterocycles. The number of rotatable bonds is 3. The second-order valence-corrected chi connectivity index (χ2v) is 5.50. The summed E-state index contributed by atoms with van der Waals surface area (Å²) in [6.45, 7) is 6.54. The van der Waals surface area contributed by atoms with Gasteiger partial charge >= 0.3 is 13.4 Å². The van der Waals surface area contributed by atoms with E-state index in [1.54, 1.807) is 27.8 Å². The predicted molar refractivity (Wildman–Crippen MR) is 61.3 cm³/mol. The lowest BCUT2D eigenvalue weighted by molar-refractivity contribution is -0.935. The summed E-state index contributed by atoms with van der Waals surface area (Å²) in [6.07, 6.45) is -0.530. The molecule has 0 atom stereocenters. The maximum Gasteiger partial charge on any atom is 0.592 e. The molecule has 7 heteroatoms. The third-order valence-electron chi connectivity index (χ3n) is 2.72. The van der Waals surface area contributed by atoms with Gasteiger partial charge < -0.3 is 9.64 Å². The Balaban J connectivity index is 2.31. The van der Waals surface area contributed by atoms with Gasteiger partial charge in [0, 0.05) is 7.05 Å². The first kappa shape index (κ1) is 14.2. The van der Waals surface area contributed by atoms with E-state index in [0.717, 1.165) is 4.90 Å². The van der Waals surface area contributed by atoms with E-state index in [0.29, 0.717) is 13.1 Å². The molecule has 1 fully saturated rings. The molecule has 1 aliphatic rings. The first-order valence-corrected chi connectivity index (χ1v) is 5.76. The summed E-state index contributed by atoms with van der Waals surface area (Å²) in [6, 6.07) is 0.0126. The third kappa shape index (κ3) is 4.49. The van der Waals surface area contributed by atoms with Crippen molar-refractivity contribution in [3.8, 4) is 0 Å². The Morgan fingerprint density at radius 2 is 2.00 bits per heavy atom. The van der Waals surface area contributed by atoms with Crippen LogP contribution in [0.4, 0.5) is 13.4 Å². The van der Waals surface area contributed by atoms with Gasteiger partial charge in [0.25, 0.3) is 0 Å². The summed E-state index contributed by atoms with van der Waals surface area (Å²) in [5.74, 6) is 0. The molecule has 0 unspecified atom stereocenters. The van der Waals surface area contributed by atoms with Gasteiger partial charge in [0.1, 0.15) is 31.2 Å². The Kier molecular flexibility index (Phi) is 4.35. The normalized spacial score (nSPS) is 23.9. The number of ether oxygens (including phenoxy) is 1. The smallest absolute Gasteiger partial charge is 0.444 e. The van der Waals surface area contributed by atoms with E-state index < -0.39 is 19.0 Å². The molecule has 0 saturated carbocycles. The number of hydrogen-bond donors (Lipinski definition) is 1. The van der Waals surface area contributed by atoms with Gasteiger partial charge in [-0.05, 0) is 20.8 Å². The van der Waals surface area contributed by atoms with Crippen molar-refractivity contribution < 1.29 is 23.1 Å². The minimum Gasteiger partial charge on any atom is -0.444 e. The second kappa shape index (κ2) is 5.20. The van der Waals surface area contributed by atoms with Gasteiger partial charge in [0.2, 0.25) is 0 Å². The molecular weight excluding hydrogens is 229 g/mol. The van der Waals surface area contributed by atoms with E-state index >= 15 is 0 Å². The fourth-order valence-electron chi connectivity index (χ4n) is 1.75. The first-order valence-electron chi connectivity index (χ1n) is 5.76. The van der Waals surface area contributed by atoms with Gasteiger partial charge in [-0.3, -0.25) is 13.5 Å². The van der Waals surface area contributed by atoms with Crippen LogP contribution in [-0.4, -0.2) is 56.5 Å². The molecule has 1 aliphatic heterocycles. The molecule has 0 radical (unpaired) electrons. The number of amides is 1. The Labute approximate surface area is 101 Å². The molecule has 1 heterocycles. The molecule has 17 heavy (non-hydrogen) atoms. The van der Waals surface area contributed by atoms with E-state index in [-0.39, 0.29) is 12.5 Å². The highest BCUT2D eigenvalue weighted by Crippen LogP contribution is 2.11. The van der Waals surface area contributed by atoms with Gasteiger partial charge in [-0.1, -0.05) is 0 Å². The SMILES string of the molecule is CN(C(=O)OC(C)(C)C)C1C[NH+](CB(F)F)C1. The number of likely N-dealkylation sites (N-methyl/N-ethyl adjacent to an activating group) is 1. The highest BCUT2D eigenvalue weighted by Gasteiger charge is 2.40. The molecule has 4 nitrogen and oxygen atoms in total. The van der Waals surface area contributed by atoms with Gasteiger partial charge in [-0.15, -0.1) is 0 Å². The monoisotopic (exact) mass is 249 g/mol. The number of quaternary nitrogens is 1. The molecular formula is C10H20BF2N2O2+. The minimum atomic E-state index is -2.28. The Hall–Kier alpha value is -0.845. The molecule has 0 aromatic rings. The Morgan fingerprint density at radius 1 is 1.47 bits per heavy atom. The van der Waals surface area contributed by atoms with Crippen LogP contribution in [0.25, 0.3) is 0 Å². The van der Waals surface area contributed by atoms with Crippen LogP contribution < -0.4 is 4.90 Å². The van der Waals surface area contributed by atoms with E-state index in [4.69, 9.17) is 4.74 Å². The van der Waals surface area contributed by atoms with Crippen molar-refractivity contribution in [1.82, 2.24) is 4.90 Å². The average molecular weight is 249 g/mol. The zero-order valence-corrected chi connectivity index (χ0v) is 10.8. The van der Waals surface area contributed by atoms with Crippen LogP contribution in [0, 0.1) is 0 Å². The number of carbonyl (C=O) groups is 1. The fourth-order valence-corrected chi connectivity index (χ4v) is 1.75. The van der Waals surface area contributed by atoms with Crippen molar-refractivity contribution >= 4 is 13.4 Å². The van der Waals surface area contributed by atoms with Crippen LogP contribution in [0.1, 0.15) is 20.8 Å². The molecule has 98 valence electrons. The lowest BCUT2D eigenvalue weighted by atomic mass is 9.94.